The molecule has 1 aliphatic rings. The number of hydrogen-bond donors (Lipinski definition) is 0. The molecule has 0 atom stereocenters. The highest BCUT2D eigenvalue weighted by Crippen LogP contribution is 2.16. The van der Waals surface area contributed by atoms with Crippen molar-refractivity contribution in [3.05, 3.63) is 65.7 Å². The van der Waals surface area contributed by atoms with E-state index in [9.17, 15) is 4.79 Å². The molecule has 1 saturated heterocycles. The zero-order valence-electron chi connectivity index (χ0n) is 14.1. The lowest BCUT2D eigenvalue weighted by atomic mass is 10.0. The van der Waals surface area contributed by atoms with E-state index in [-0.39, 0.29) is 5.78 Å². The maximum atomic E-state index is 12.3. The fourth-order valence-electron chi connectivity index (χ4n) is 3.09. The van der Waals surface area contributed by atoms with Crippen molar-refractivity contribution in [1.29, 1.82) is 0 Å². The van der Waals surface area contributed by atoms with Gasteiger partial charge in [0.1, 0.15) is 5.75 Å². The minimum Gasteiger partial charge on any atom is -0.494 e. The Morgan fingerprint density at radius 3 is 2.25 bits per heavy atom. The highest BCUT2D eigenvalue weighted by atomic mass is 16.5. The van der Waals surface area contributed by atoms with Crippen LogP contribution in [0.25, 0.3) is 0 Å². The van der Waals surface area contributed by atoms with Crippen molar-refractivity contribution in [2.24, 2.45) is 0 Å². The van der Waals surface area contributed by atoms with Crippen LogP contribution in [0, 0.1) is 0 Å². The molecule has 0 unspecified atom stereocenters. The molecule has 3 rings (SSSR count). The van der Waals surface area contributed by atoms with Gasteiger partial charge in [0.25, 0.3) is 0 Å². The zero-order chi connectivity index (χ0) is 16.6. The quantitative estimate of drug-likeness (QED) is 0.539. The molecule has 0 bridgehead atoms. The molecule has 0 N–H and O–H groups in total. The summed E-state index contributed by atoms with van der Waals surface area (Å²) in [6.07, 6.45) is 4.96. The summed E-state index contributed by atoms with van der Waals surface area (Å²) in [6, 6.07) is 16.8. The predicted octanol–water partition coefficient (Wildman–Crippen LogP) is 4.17. The third kappa shape index (κ3) is 4.68. The van der Waals surface area contributed by atoms with Gasteiger partial charge >= 0.3 is 0 Å². The van der Waals surface area contributed by atoms with Crippen LogP contribution in [0.4, 0.5) is 0 Å². The number of unbranched alkanes of at least 4 members (excludes halogenated alkanes) is 1. The van der Waals surface area contributed by atoms with Crippen LogP contribution in [-0.4, -0.2) is 36.9 Å². The molecule has 0 amide bonds. The van der Waals surface area contributed by atoms with Gasteiger partial charge in [0.15, 0.2) is 5.78 Å². The zero-order valence-corrected chi connectivity index (χ0v) is 14.1. The first kappa shape index (κ1) is 16.7. The van der Waals surface area contributed by atoms with E-state index in [0.29, 0.717) is 11.1 Å². The van der Waals surface area contributed by atoms with Gasteiger partial charge < -0.3 is 9.64 Å². The first-order valence-electron chi connectivity index (χ1n) is 8.88. The number of benzene rings is 2. The van der Waals surface area contributed by atoms with Crippen LogP contribution in [0.1, 0.15) is 41.6 Å². The highest BCUT2D eigenvalue weighted by Gasteiger charge is 2.10. The normalized spacial score (nSPS) is 14.7. The second kappa shape index (κ2) is 8.65. The molecule has 24 heavy (non-hydrogen) atoms. The van der Waals surface area contributed by atoms with Gasteiger partial charge in [0.2, 0.25) is 0 Å². The molecule has 1 heterocycles. The van der Waals surface area contributed by atoms with Gasteiger partial charge in [-0.1, -0.05) is 30.3 Å². The van der Waals surface area contributed by atoms with E-state index in [1.165, 1.54) is 38.9 Å². The second-order valence-electron chi connectivity index (χ2n) is 6.32. The van der Waals surface area contributed by atoms with E-state index in [2.05, 4.69) is 4.90 Å². The van der Waals surface area contributed by atoms with Gasteiger partial charge in [-0.25, -0.2) is 0 Å². The minimum absolute atomic E-state index is 0.0489. The lowest BCUT2D eigenvalue weighted by Gasteiger charge is -2.14. The van der Waals surface area contributed by atoms with E-state index < -0.39 is 0 Å². The summed E-state index contributed by atoms with van der Waals surface area (Å²) in [6.45, 7) is 4.45. The molecule has 0 radical (unpaired) electrons. The molecule has 0 saturated carbocycles. The maximum absolute atomic E-state index is 12.3. The Kier molecular flexibility index (Phi) is 6.02. The monoisotopic (exact) mass is 323 g/mol. The Balaban J connectivity index is 1.42. The number of ketones is 1. The van der Waals surface area contributed by atoms with Crippen LogP contribution in [0.15, 0.2) is 54.6 Å². The number of ether oxygens (including phenoxy) is 1. The molecule has 3 nitrogen and oxygen atoms in total. The number of likely N-dealkylation sites (tertiary alicyclic amines) is 1. The lowest BCUT2D eigenvalue weighted by Crippen LogP contribution is -2.20. The van der Waals surface area contributed by atoms with Crippen LogP contribution in [0.2, 0.25) is 0 Å². The van der Waals surface area contributed by atoms with Crippen molar-refractivity contribution < 1.29 is 9.53 Å². The Labute approximate surface area is 144 Å². The SMILES string of the molecule is O=C(c1ccccc1)c1ccc(OCCCCN2CCCC2)cc1. The van der Waals surface area contributed by atoms with Crippen molar-refractivity contribution >= 4 is 5.78 Å². The van der Waals surface area contributed by atoms with Gasteiger partial charge in [-0.15, -0.1) is 0 Å². The van der Waals surface area contributed by atoms with Crippen LogP contribution in [0.3, 0.4) is 0 Å². The van der Waals surface area contributed by atoms with Crippen molar-refractivity contribution in [1.82, 2.24) is 4.90 Å². The van der Waals surface area contributed by atoms with E-state index in [0.717, 1.165) is 18.8 Å². The average molecular weight is 323 g/mol. The summed E-state index contributed by atoms with van der Waals surface area (Å²) in [7, 11) is 0. The fraction of sp³-hybridized carbons (Fsp3) is 0.381. The van der Waals surface area contributed by atoms with Crippen LogP contribution in [-0.2, 0) is 0 Å². The summed E-state index contributed by atoms with van der Waals surface area (Å²) >= 11 is 0. The fourth-order valence-corrected chi connectivity index (χ4v) is 3.09. The summed E-state index contributed by atoms with van der Waals surface area (Å²) in [5, 5.41) is 0. The van der Waals surface area contributed by atoms with E-state index in [1.54, 1.807) is 0 Å². The molecule has 0 aliphatic carbocycles. The van der Waals surface area contributed by atoms with Crippen molar-refractivity contribution in [3.63, 3.8) is 0 Å². The van der Waals surface area contributed by atoms with E-state index in [4.69, 9.17) is 4.74 Å². The first-order chi connectivity index (χ1) is 11.8. The Morgan fingerprint density at radius 2 is 1.54 bits per heavy atom. The van der Waals surface area contributed by atoms with E-state index in [1.807, 2.05) is 54.6 Å². The lowest BCUT2D eigenvalue weighted by molar-refractivity contribution is 0.103. The molecule has 0 spiro atoms. The predicted molar refractivity (Wildman–Crippen MR) is 96.7 cm³/mol. The minimum atomic E-state index is 0.0489. The number of hydrogen-bond acceptors (Lipinski definition) is 3. The smallest absolute Gasteiger partial charge is 0.193 e. The summed E-state index contributed by atoms with van der Waals surface area (Å²) < 4.78 is 5.78. The number of rotatable bonds is 8. The molecule has 1 aliphatic heterocycles. The Bertz CT molecular complexity index is 631. The first-order valence-corrected chi connectivity index (χ1v) is 8.88. The number of carbonyl (C=O) groups is 1. The third-order valence-electron chi connectivity index (χ3n) is 4.49. The Morgan fingerprint density at radius 1 is 0.875 bits per heavy atom. The molecule has 2 aromatic carbocycles. The van der Waals surface area contributed by atoms with Crippen LogP contribution in [0.5, 0.6) is 5.75 Å². The van der Waals surface area contributed by atoms with Gasteiger partial charge in [-0.05, 0) is 69.6 Å². The van der Waals surface area contributed by atoms with E-state index >= 15 is 0 Å². The van der Waals surface area contributed by atoms with Crippen LogP contribution < -0.4 is 4.74 Å². The molecule has 0 aromatic heterocycles. The van der Waals surface area contributed by atoms with Gasteiger partial charge in [0, 0.05) is 11.1 Å². The largest absolute Gasteiger partial charge is 0.494 e. The van der Waals surface area contributed by atoms with Gasteiger partial charge in [-0.2, -0.15) is 0 Å². The summed E-state index contributed by atoms with van der Waals surface area (Å²) in [5.74, 6) is 0.883. The molecular weight excluding hydrogens is 298 g/mol. The molecule has 2 aromatic rings. The molecule has 1 fully saturated rings. The molecule has 126 valence electrons. The Hall–Kier alpha value is -2.13. The average Bonchev–Trinajstić information content (AvgIpc) is 3.16. The number of nitrogens with zero attached hydrogens (tertiary/aromatic N) is 1. The van der Waals surface area contributed by atoms with Crippen molar-refractivity contribution in [2.75, 3.05) is 26.2 Å². The maximum Gasteiger partial charge on any atom is 0.193 e. The van der Waals surface area contributed by atoms with Crippen molar-refractivity contribution in [3.8, 4) is 5.75 Å². The summed E-state index contributed by atoms with van der Waals surface area (Å²) in [5.41, 5.74) is 1.41. The van der Waals surface area contributed by atoms with Crippen LogP contribution >= 0.6 is 0 Å². The molecule has 3 heteroatoms. The standard InChI is InChI=1S/C21H25NO2/c23-21(18-8-2-1-3-9-18)19-10-12-20(13-11-19)24-17-7-6-16-22-14-4-5-15-22/h1-3,8-13H,4-7,14-17H2. The molecular formula is C21H25NO2. The number of carbonyl (C=O) groups excluding carboxylic acids is 1. The second-order valence-corrected chi connectivity index (χ2v) is 6.32. The van der Waals surface area contributed by atoms with Gasteiger partial charge in [0.05, 0.1) is 6.61 Å². The summed E-state index contributed by atoms with van der Waals surface area (Å²) in [4.78, 5) is 14.9. The third-order valence-corrected chi connectivity index (χ3v) is 4.49. The topological polar surface area (TPSA) is 29.5 Å². The van der Waals surface area contributed by atoms with Crippen molar-refractivity contribution in [2.45, 2.75) is 25.7 Å². The highest BCUT2D eigenvalue weighted by molar-refractivity contribution is 6.08. The van der Waals surface area contributed by atoms with Gasteiger partial charge in [-0.3, -0.25) is 4.79 Å².